The van der Waals surface area contributed by atoms with Gasteiger partial charge in [0.2, 0.25) is 0 Å². The molecule has 2 aromatic heterocycles. The van der Waals surface area contributed by atoms with Gasteiger partial charge in [0.05, 0.1) is 0 Å². The van der Waals surface area contributed by atoms with Gasteiger partial charge >= 0.3 is 0 Å². The molecule has 1 atom stereocenters. The number of hydrogen-bond acceptors (Lipinski definition) is 1. The molecule has 0 spiro atoms. The Morgan fingerprint density at radius 2 is 2.27 bits per heavy atom. The van der Waals surface area contributed by atoms with Gasteiger partial charge in [-0.25, -0.2) is 4.98 Å². The molecule has 0 saturated heterocycles. The minimum atomic E-state index is 0.618. The zero-order chi connectivity index (χ0) is 10.8. The number of aromatic amines is 1. The van der Waals surface area contributed by atoms with Crippen molar-refractivity contribution in [3.63, 3.8) is 0 Å². The lowest BCUT2D eigenvalue weighted by molar-refractivity contribution is 0.669. The number of aromatic nitrogens is 2. The summed E-state index contributed by atoms with van der Waals surface area (Å²) in [5.41, 5.74) is 3.65. The highest BCUT2D eigenvalue weighted by Gasteiger charge is 2.10. The third-order valence-electron chi connectivity index (χ3n) is 2.95. The molecule has 0 aliphatic carbocycles. The second-order valence-corrected chi connectivity index (χ2v) is 4.34. The van der Waals surface area contributed by atoms with Crippen molar-refractivity contribution in [2.75, 3.05) is 0 Å². The average Bonchev–Trinajstić information content (AvgIpc) is 2.60. The first-order valence-corrected chi connectivity index (χ1v) is 5.66. The molecular weight excluding hydrogens is 184 g/mol. The number of hydrogen-bond donors (Lipinski definition) is 1. The van der Waals surface area contributed by atoms with E-state index in [0.29, 0.717) is 5.92 Å². The maximum atomic E-state index is 4.39. The number of rotatable bonds is 3. The second kappa shape index (κ2) is 4.05. The lowest BCUT2D eigenvalue weighted by atomic mass is 9.96. The molecular formula is C13H18N2. The van der Waals surface area contributed by atoms with Crippen molar-refractivity contribution in [1.29, 1.82) is 0 Å². The van der Waals surface area contributed by atoms with Crippen LogP contribution < -0.4 is 0 Å². The minimum absolute atomic E-state index is 0.618. The van der Waals surface area contributed by atoms with E-state index in [-0.39, 0.29) is 0 Å². The van der Waals surface area contributed by atoms with Crippen LogP contribution in [0.1, 0.15) is 43.7 Å². The molecule has 0 amide bonds. The van der Waals surface area contributed by atoms with Crippen LogP contribution >= 0.6 is 0 Å². The molecule has 1 N–H and O–H groups in total. The number of H-pyrrole nitrogens is 1. The molecule has 0 saturated carbocycles. The summed E-state index contributed by atoms with van der Waals surface area (Å²) < 4.78 is 0. The molecule has 2 heteroatoms. The van der Waals surface area contributed by atoms with Crippen LogP contribution in [0.15, 0.2) is 18.5 Å². The molecule has 0 bridgehead atoms. The third kappa shape index (κ3) is 1.89. The average molecular weight is 202 g/mol. The van der Waals surface area contributed by atoms with Crippen molar-refractivity contribution in [2.24, 2.45) is 0 Å². The Balaban J connectivity index is 2.47. The minimum Gasteiger partial charge on any atom is -0.346 e. The standard InChI is InChI=1S/C13H18N2/c1-4-5-10(3)12-8-15-13-11(12)6-9(2)7-14-13/h6-8,10H,4-5H2,1-3H3,(H,14,15). The summed E-state index contributed by atoms with van der Waals surface area (Å²) in [6, 6.07) is 2.22. The van der Waals surface area contributed by atoms with Gasteiger partial charge in [-0.3, -0.25) is 0 Å². The van der Waals surface area contributed by atoms with Crippen molar-refractivity contribution in [3.05, 3.63) is 29.6 Å². The van der Waals surface area contributed by atoms with Gasteiger partial charge in [0.15, 0.2) is 0 Å². The van der Waals surface area contributed by atoms with E-state index in [9.17, 15) is 0 Å². The molecule has 0 fully saturated rings. The number of aryl methyl sites for hydroxylation is 1. The van der Waals surface area contributed by atoms with E-state index < -0.39 is 0 Å². The van der Waals surface area contributed by atoms with Crippen LogP contribution in [0, 0.1) is 6.92 Å². The monoisotopic (exact) mass is 202 g/mol. The van der Waals surface area contributed by atoms with E-state index in [1.54, 1.807) is 0 Å². The maximum Gasteiger partial charge on any atom is 0.137 e. The van der Waals surface area contributed by atoms with Crippen LogP contribution in [0.5, 0.6) is 0 Å². The summed E-state index contributed by atoms with van der Waals surface area (Å²) in [4.78, 5) is 7.63. The molecule has 2 nitrogen and oxygen atoms in total. The number of nitrogens with zero attached hydrogens (tertiary/aromatic N) is 1. The topological polar surface area (TPSA) is 28.7 Å². The molecule has 0 aliphatic rings. The Labute approximate surface area is 90.7 Å². The first-order valence-electron chi connectivity index (χ1n) is 5.66. The van der Waals surface area contributed by atoms with Gasteiger partial charge in [0, 0.05) is 17.8 Å². The molecule has 1 unspecified atom stereocenters. The predicted molar refractivity (Wildman–Crippen MR) is 64.2 cm³/mol. The first-order chi connectivity index (χ1) is 7.22. The van der Waals surface area contributed by atoms with Gasteiger partial charge < -0.3 is 4.98 Å². The zero-order valence-electron chi connectivity index (χ0n) is 9.67. The van der Waals surface area contributed by atoms with Crippen LogP contribution in [0.2, 0.25) is 0 Å². The fraction of sp³-hybridized carbons (Fsp3) is 0.462. The van der Waals surface area contributed by atoms with E-state index in [1.165, 1.54) is 29.4 Å². The SMILES string of the molecule is CCCC(C)c1c[nH]c2ncc(C)cc12. The van der Waals surface area contributed by atoms with Gasteiger partial charge in [0.1, 0.15) is 5.65 Å². The fourth-order valence-corrected chi connectivity index (χ4v) is 2.12. The predicted octanol–water partition coefficient (Wildman–Crippen LogP) is 3.77. The summed E-state index contributed by atoms with van der Waals surface area (Å²) in [5.74, 6) is 0.618. The lowest BCUT2D eigenvalue weighted by Crippen LogP contribution is -1.91. The third-order valence-corrected chi connectivity index (χ3v) is 2.95. The van der Waals surface area contributed by atoms with E-state index >= 15 is 0 Å². The molecule has 2 rings (SSSR count). The number of fused-ring (bicyclic) bond motifs is 1. The normalized spacial score (nSPS) is 13.3. The first kappa shape index (κ1) is 10.2. The molecule has 2 heterocycles. The van der Waals surface area contributed by atoms with E-state index in [0.717, 1.165) is 5.65 Å². The van der Waals surface area contributed by atoms with Crippen molar-refractivity contribution < 1.29 is 0 Å². The molecule has 2 aromatic rings. The number of pyridine rings is 1. The highest BCUT2D eigenvalue weighted by molar-refractivity contribution is 5.80. The molecule has 0 radical (unpaired) electrons. The lowest BCUT2D eigenvalue weighted by Gasteiger charge is -2.08. The van der Waals surface area contributed by atoms with Crippen molar-refractivity contribution in [2.45, 2.75) is 39.5 Å². The van der Waals surface area contributed by atoms with Crippen molar-refractivity contribution in [1.82, 2.24) is 9.97 Å². The van der Waals surface area contributed by atoms with Gasteiger partial charge in [0.25, 0.3) is 0 Å². The Morgan fingerprint density at radius 3 is 3.00 bits per heavy atom. The van der Waals surface area contributed by atoms with Crippen molar-refractivity contribution in [3.8, 4) is 0 Å². The smallest absolute Gasteiger partial charge is 0.137 e. The number of nitrogens with one attached hydrogen (secondary N) is 1. The van der Waals surface area contributed by atoms with Crippen LogP contribution in [-0.4, -0.2) is 9.97 Å². The summed E-state index contributed by atoms with van der Waals surface area (Å²) in [6.45, 7) is 6.61. The zero-order valence-corrected chi connectivity index (χ0v) is 9.67. The van der Waals surface area contributed by atoms with Gasteiger partial charge in [-0.15, -0.1) is 0 Å². The van der Waals surface area contributed by atoms with Crippen molar-refractivity contribution >= 4 is 11.0 Å². The summed E-state index contributed by atoms with van der Waals surface area (Å²) in [6.07, 6.45) is 6.48. The summed E-state index contributed by atoms with van der Waals surface area (Å²) in [5, 5.41) is 1.29. The molecule has 15 heavy (non-hydrogen) atoms. The van der Waals surface area contributed by atoms with Gasteiger partial charge in [-0.1, -0.05) is 20.3 Å². The highest BCUT2D eigenvalue weighted by atomic mass is 14.8. The molecule has 0 aliphatic heterocycles. The van der Waals surface area contributed by atoms with E-state index in [2.05, 4.69) is 43.0 Å². The maximum absolute atomic E-state index is 4.39. The van der Waals surface area contributed by atoms with E-state index in [4.69, 9.17) is 0 Å². The van der Waals surface area contributed by atoms with E-state index in [1.807, 2.05) is 6.20 Å². The largest absolute Gasteiger partial charge is 0.346 e. The van der Waals surface area contributed by atoms with Crippen LogP contribution in [0.4, 0.5) is 0 Å². The molecule has 0 aromatic carbocycles. The Kier molecular flexibility index (Phi) is 2.76. The second-order valence-electron chi connectivity index (χ2n) is 4.34. The Hall–Kier alpha value is -1.31. The van der Waals surface area contributed by atoms with Gasteiger partial charge in [-0.2, -0.15) is 0 Å². The Bertz CT molecular complexity index is 457. The quantitative estimate of drug-likeness (QED) is 0.806. The van der Waals surface area contributed by atoms with Crippen LogP contribution in [-0.2, 0) is 0 Å². The van der Waals surface area contributed by atoms with Crippen LogP contribution in [0.3, 0.4) is 0 Å². The summed E-state index contributed by atoms with van der Waals surface area (Å²) >= 11 is 0. The summed E-state index contributed by atoms with van der Waals surface area (Å²) in [7, 11) is 0. The van der Waals surface area contributed by atoms with Gasteiger partial charge in [-0.05, 0) is 36.5 Å². The molecule has 80 valence electrons. The Morgan fingerprint density at radius 1 is 1.47 bits per heavy atom. The fourth-order valence-electron chi connectivity index (χ4n) is 2.12. The van der Waals surface area contributed by atoms with Crippen LogP contribution in [0.25, 0.3) is 11.0 Å². The highest BCUT2D eigenvalue weighted by Crippen LogP contribution is 2.27.